The highest BCUT2D eigenvalue weighted by atomic mass is 16.2. The number of nitrogens with one attached hydrogen (secondary N) is 2. The lowest BCUT2D eigenvalue weighted by Crippen LogP contribution is -2.44. The van der Waals surface area contributed by atoms with Crippen molar-refractivity contribution in [3.05, 3.63) is 23.8 Å². The van der Waals surface area contributed by atoms with Crippen LogP contribution in [-0.4, -0.2) is 18.1 Å². The van der Waals surface area contributed by atoms with Crippen molar-refractivity contribution in [2.75, 3.05) is 5.32 Å². The number of hydrogen-bond acceptors (Lipinski definition) is 2. The van der Waals surface area contributed by atoms with Crippen LogP contribution in [0.15, 0.2) is 18.2 Å². The minimum Gasteiger partial charge on any atom is -0.311 e. The van der Waals surface area contributed by atoms with Crippen molar-refractivity contribution in [2.24, 2.45) is 11.8 Å². The van der Waals surface area contributed by atoms with E-state index in [1.807, 2.05) is 6.07 Å². The minimum absolute atomic E-state index is 0.234. The third-order valence-corrected chi connectivity index (χ3v) is 7.70. The van der Waals surface area contributed by atoms with Gasteiger partial charge in [-0.25, -0.2) is 4.79 Å². The molecule has 1 aromatic carbocycles. The SMILES string of the molecule is O=C1[N]c2cc(C3CCC(NC4CCC5CCCCC5C4)CC3)ccc2N1. The van der Waals surface area contributed by atoms with Crippen LogP contribution in [0.1, 0.15) is 82.1 Å². The molecule has 4 aliphatic rings. The van der Waals surface area contributed by atoms with Crippen LogP contribution >= 0.6 is 0 Å². The molecule has 4 nitrogen and oxygen atoms in total. The van der Waals surface area contributed by atoms with E-state index in [0.717, 1.165) is 29.3 Å². The number of urea groups is 1. The van der Waals surface area contributed by atoms with E-state index in [-0.39, 0.29) is 6.03 Å². The molecule has 2 N–H and O–H groups in total. The number of carbonyl (C=O) groups excluding carboxylic acids is 1. The summed E-state index contributed by atoms with van der Waals surface area (Å²) in [6.45, 7) is 0. The standard InChI is InChI=1S/C23H32N3O/c27-23-25-21-12-8-18(14-22(21)26-23)16-5-9-19(10-6-16)24-20-11-7-15-3-1-2-4-17(15)13-20/h8,12,14-17,19-20,24H,1-7,9-11,13H2,(H,25,27). The molecule has 0 spiro atoms. The molecule has 3 unspecified atom stereocenters. The molecular formula is C23H32N3O. The first-order valence-corrected chi connectivity index (χ1v) is 11.2. The van der Waals surface area contributed by atoms with Gasteiger partial charge < -0.3 is 10.6 Å². The maximum absolute atomic E-state index is 11.4. The molecule has 5 rings (SSSR count). The number of nitrogens with zero attached hydrogens (tertiary/aromatic N) is 1. The predicted molar refractivity (Wildman–Crippen MR) is 108 cm³/mol. The number of hydrogen-bond donors (Lipinski definition) is 2. The Morgan fingerprint density at radius 3 is 2.52 bits per heavy atom. The fourth-order valence-electron chi connectivity index (χ4n) is 6.20. The Hall–Kier alpha value is -1.55. The Morgan fingerprint density at radius 1 is 0.889 bits per heavy atom. The average molecular weight is 367 g/mol. The number of anilines is 1. The van der Waals surface area contributed by atoms with E-state index in [2.05, 4.69) is 28.1 Å². The van der Waals surface area contributed by atoms with Crippen molar-refractivity contribution in [3.8, 4) is 0 Å². The molecule has 27 heavy (non-hydrogen) atoms. The van der Waals surface area contributed by atoms with Gasteiger partial charge in [-0.1, -0.05) is 31.7 Å². The first-order valence-electron chi connectivity index (χ1n) is 11.2. The average Bonchev–Trinajstić information content (AvgIpc) is 3.08. The Kier molecular flexibility index (Phi) is 4.85. The number of rotatable bonds is 3. The van der Waals surface area contributed by atoms with Gasteiger partial charge in [0.25, 0.3) is 0 Å². The van der Waals surface area contributed by atoms with E-state index in [1.165, 1.54) is 76.2 Å². The summed E-state index contributed by atoms with van der Waals surface area (Å²) < 4.78 is 0. The first-order chi connectivity index (χ1) is 13.2. The molecule has 0 aromatic heterocycles. The van der Waals surface area contributed by atoms with Crippen molar-refractivity contribution in [3.63, 3.8) is 0 Å². The third-order valence-electron chi connectivity index (χ3n) is 7.70. The molecule has 3 saturated carbocycles. The van der Waals surface area contributed by atoms with Gasteiger partial charge in [0, 0.05) is 12.1 Å². The van der Waals surface area contributed by atoms with Gasteiger partial charge in [-0.15, -0.1) is 0 Å². The van der Waals surface area contributed by atoms with Gasteiger partial charge in [-0.3, -0.25) is 0 Å². The largest absolute Gasteiger partial charge is 0.346 e. The number of benzene rings is 1. The second-order valence-corrected chi connectivity index (χ2v) is 9.35. The number of amides is 2. The summed E-state index contributed by atoms with van der Waals surface area (Å²) in [7, 11) is 0. The van der Waals surface area contributed by atoms with Gasteiger partial charge in [0.2, 0.25) is 0 Å². The fourth-order valence-corrected chi connectivity index (χ4v) is 6.20. The lowest BCUT2D eigenvalue weighted by Gasteiger charge is -2.41. The van der Waals surface area contributed by atoms with Crippen LogP contribution in [0.4, 0.5) is 16.2 Å². The van der Waals surface area contributed by atoms with Gasteiger partial charge in [0.05, 0.1) is 11.4 Å². The lowest BCUT2D eigenvalue weighted by atomic mass is 9.69. The molecule has 3 aliphatic carbocycles. The molecular weight excluding hydrogens is 334 g/mol. The summed E-state index contributed by atoms with van der Waals surface area (Å²) in [6, 6.07) is 7.56. The quantitative estimate of drug-likeness (QED) is 0.748. The molecule has 3 fully saturated rings. The smallest absolute Gasteiger partial charge is 0.311 e. The van der Waals surface area contributed by atoms with E-state index in [9.17, 15) is 4.79 Å². The van der Waals surface area contributed by atoms with E-state index in [1.54, 1.807) is 0 Å². The van der Waals surface area contributed by atoms with E-state index in [4.69, 9.17) is 0 Å². The Morgan fingerprint density at radius 2 is 1.67 bits per heavy atom. The second kappa shape index (κ2) is 7.46. The van der Waals surface area contributed by atoms with Gasteiger partial charge in [0.15, 0.2) is 0 Å². The third kappa shape index (κ3) is 3.73. The summed E-state index contributed by atoms with van der Waals surface area (Å²) in [5.74, 6) is 2.67. The van der Waals surface area contributed by atoms with Gasteiger partial charge in [-0.05, 0) is 80.4 Å². The minimum atomic E-state index is -0.234. The molecule has 1 heterocycles. The zero-order valence-corrected chi connectivity index (χ0v) is 16.3. The van der Waals surface area contributed by atoms with Gasteiger partial charge >= 0.3 is 6.03 Å². The molecule has 0 saturated heterocycles. The molecule has 145 valence electrons. The van der Waals surface area contributed by atoms with Crippen LogP contribution in [-0.2, 0) is 0 Å². The van der Waals surface area contributed by atoms with E-state index >= 15 is 0 Å². The Labute approximate surface area is 162 Å². The van der Waals surface area contributed by atoms with Gasteiger partial charge in [-0.2, -0.15) is 5.32 Å². The number of carbonyl (C=O) groups is 1. The molecule has 3 atom stereocenters. The van der Waals surface area contributed by atoms with Crippen molar-refractivity contribution in [1.29, 1.82) is 0 Å². The highest BCUT2D eigenvalue weighted by Gasteiger charge is 2.33. The molecule has 1 aliphatic heterocycles. The molecule has 0 bridgehead atoms. The highest BCUT2D eigenvalue weighted by molar-refractivity contribution is 6.02. The fraction of sp³-hybridized carbons (Fsp3) is 0.696. The molecule has 1 aromatic rings. The van der Waals surface area contributed by atoms with Crippen molar-refractivity contribution in [1.82, 2.24) is 10.6 Å². The normalized spacial score (nSPS) is 35.7. The van der Waals surface area contributed by atoms with Crippen LogP contribution in [0, 0.1) is 11.8 Å². The first kappa shape index (κ1) is 17.5. The maximum atomic E-state index is 11.4. The predicted octanol–water partition coefficient (Wildman–Crippen LogP) is 5.44. The topological polar surface area (TPSA) is 55.2 Å². The Balaban J connectivity index is 1.13. The zero-order valence-electron chi connectivity index (χ0n) is 16.3. The Bertz CT molecular complexity index is 695. The summed E-state index contributed by atoms with van der Waals surface area (Å²) in [5.41, 5.74) is 3.04. The van der Waals surface area contributed by atoms with Crippen LogP contribution in [0.25, 0.3) is 0 Å². The van der Waals surface area contributed by atoms with Gasteiger partial charge in [0.1, 0.15) is 0 Å². The summed E-state index contributed by atoms with van der Waals surface area (Å²) in [6.07, 6.45) is 15.3. The van der Waals surface area contributed by atoms with Crippen LogP contribution in [0.5, 0.6) is 0 Å². The van der Waals surface area contributed by atoms with Crippen LogP contribution in [0.3, 0.4) is 0 Å². The summed E-state index contributed by atoms with van der Waals surface area (Å²) in [5, 5.41) is 10.9. The van der Waals surface area contributed by atoms with E-state index < -0.39 is 0 Å². The van der Waals surface area contributed by atoms with Crippen molar-refractivity contribution in [2.45, 2.75) is 88.6 Å². The second-order valence-electron chi connectivity index (χ2n) is 9.35. The monoisotopic (exact) mass is 366 g/mol. The number of fused-ring (bicyclic) bond motifs is 2. The molecule has 2 amide bonds. The van der Waals surface area contributed by atoms with Crippen LogP contribution < -0.4 is 16.0 Å². The maximum Gasteiger partial charge on any atom is 0.346 e. The van der Waals surface area contributed by atoms with Crippen molar-refractivity contribution >= 4 is 17.4 Å². The van der Waals surface area contributed by atoms with Crippen LogP contribution in [0.2, 0.25) is 0 Å². The highest BCUT2D eigenvalue weighted by Crippen LogP contribution is 2.41. The molecule has 4 heteroatoms. The lowest BCUT2D eigenvalue weighted by molar-refractivity contribution is 0.134. The zero-order chi connectivity index (χ0) is 18.2. The summed E-state index contributed by atoms with van der Waals surface area (Å²) >= 11 is 0. The van der Waals surface area contributed by atoms with E-state index in [0.29, 0.717) is 12.0 Å². The van der Waals surface area contributed by atoms with Crippen molar-refractivity contribution < 1.29 is 4.79 Å². The summed E-state index contributed by atoms with van der Waals surface area (Å²) in [4.78, 5) is 11.4. The molecule has 1 radical (unpaired) electrons.